The second-order valence-corrected chi connectivity index (χ2v) is 7.28. The molecule has 17 heavy (non-hydrogen) atoms. The average Bonchev–Trinajstić information content (AvgIpc) is 2.35. The summed E-state index contributed by atoms with van der Waals surface area (Å²) in [5.74, 6) is 1.38. The molecule has 1 saturated carbocycles. The van der Waals surface area contributed by atoms with Crippen LogP contribution in [-0.4, -0.2) is 17.2 Å². The van der Waals surface area contributed by atoms with Crippen LogP contribution in [0.15, 0.2) is 0 Å². The largest absolute Gasteiger partial charge is 0.303 e. The highest BCUT2D eigenvalue weighted by atomic mass is 32.2. The van der Waals surface area contributed by atoms with E-state index in [1.54, 1.807) is 0 Å². The smallest absolute Gasteiger partial charge is 0.0645 e. The fraction of sp³-hybridized carbons (Fsp3) is 1.00. The average molecular weight is 255 g/mol. The van der Waals surface area contributed by atoms with Crippen molar-refractivity contribution in [1.29, 1.82) is 0 Å². The Kier molecular flexibility index (Phi) is 6.21. The summed E-state index contributed by atoms with van der Waals surface area (Å²) in [7, 11) is 0. The molecule has 2 aliphatic rings. The lowest BCUT2D eigenvalue weighted by Gasteiger charge is -2.38. The molecule has 0 unspecified atom stereocenters. The molecule has 0 bridgehead atoms. The van der Waals surface area contributed by atoms with Crippen LogP contribution in [-0.2, 0) is 0 Å². The number of hydrogen-bond acceptors (Lipinski definition) is 2. The zero-order chi connectivity index (χ0) is 11.8. The number of hydrogen-bond donors (Lipinski definition) is 1. The van der Waals surface area contributed by atoms with E-state index in [9.17, 15) is 0 Å². The zero-order valence-corrected chi connectivity index (χ0v) is 12.1. The molecule has 1 aliphatic carbocycles. The summed E-state index contributed by atoms with van der Waals surface area (Å²) < 4.78 is 0. The van der Waals surface area contributed by atoms with Crippen molar-refractivity contribution in [2.45, 2.75) is 81.9 Å². The quantitative estimate of drug-likeness (QED) is 0.672. The van der Waals surface area contributed by atoms with Crippen LogP contribution >= 0.6 is 11.8 Å². The minimum atomic E-state index is 0.470. The Morgan fingerprint density at radius 1 is 0.647 bits per heavy atom. The van der Waals surface area contributed by atoms with Gasteiger partial charge in [-0.15, -0.1) is 11.8 Å². The van der Waals surface area contributed by atoms with Crippen LogP contribution in [0.5, 0.6) is 0 Å². The molecule has 2 rings (SSSR count). The third kappa shape index (κ3) is 4.82. The van der Waals surface area contributed by atoms with Crippen molar-refractivity contribution in [2.24, 2.45) is 0 Å². The van der Waals surface area contributed by atoms with Crippen molar-refractivity contribution < 1.29 is 0 Å². The van der Waals surface area contributed by atoms with E-state index >= 15 is 0 Å². The lowest BCUT2D eigenvalue weighted by Crippen LogP contribution is -2.46. The molecule has 2 fully saturated rings. The number of thioether (sulfide) groups is 1. The molecular weight excluding hydrogens is 226 g/mol. The van der Waals surface area contributed by atoms with Crippen LogP contribution < -0.4 is 5.32 Å². The molecule has 0 aromatic rings. The van der Waals surface area contributed by atoms with E-state index in [2.05, 4.69) is 17.1 Å². The van der Waals surface area contributed by atoms with Gasteiger partial charge in [-0.05, 0) is 31.6 Å². The fourth-order valence-electron chi connectivity index (χ4n) is 3.21. The van der Waals surface area contributed by atoms with Gasteiger partial charge in [0.15, 0.2) is 0 Å². The lowest BCUT2D eigenvalue weighted by atomic mass is 9.97. The first-order valence-corrected chi connectivity index (χ1v) is 8.79. The third-order valence-corrected chi connectivity index (χ3v) is 5.91. The molecule has 1 nitrogen and oxygen atoms in total. The Labute approximate surface area is 112 Å². The molecule has 0 atom stereocenters. The molecule has 1 aliphatic heterocycles. The van der Waals surface area contributed by atoms with Crippen LogP contribution in [0.1, 0.15) is 77.0 Å². The van der Waals surface area contributed by atoms with Crippen molar-refractivity contribution in [3.8, 4) is 0 Å². The highest BCUT2D eigenvalue weighted by Gasteiger charge is 2.31. The Balaban J connectivity index is 1.83. The summed E-state index contributed by atoms with van der Waals surface area (Å²) in [6.45, 7) is 1.26. The summed E-state index contributed by atoms with van der Waals surface area (Å²) >= 11 is 2.23. The molecule has 0 amide bonds. The Morgan fingerprint density at radius 3 is 1.65 bits per heavy atom. The normalized spacial score (nSPS) is 28.2. The monoisotopic (exact) mass is 255 g/mol. The molecule has 1 N–H and O–H groups in total. The molecule has 0 aromatic heterocycles. The van der Waals surface area contributed by atoms with Gasteiger partial charge in [0.1, 0.15) is 0 Å². The van der Waals surface area contributed by atoms with Crippen LogP contribution in [0, 0.1) is 0 Å². The standard InChI is InChI=1S/C15H29NS/c1-2-4-6-8-11-15(12-9-7-5-3-1)16-13-10-14-17-15/h16H,1-14H2. The van der Waals surface area contributed by atoms with E-state index in [1.807, 2.05) is 0 Å². The maximum atomic E-state index is 3.85. The van der Waals surface area contributed by atoms with E-state index in [0.29, 0.717) is 4.87 Å². The molecule has 1 heterocycles. The SMILES string of the molecule is C1CCCCCC2(CCCCC1)NCCCS2. The van der Waals surface area contributed by atoms with E-state index in [1.165, 1.54) is 89.3 Å². The van der Waals surface area contributed by atoms with Crippen molar-refractivity contribution >= 4 is 11.8 Å². The maximum Gasteiger partial charge on any atom is 0.0645 e. The minimum Gasteiger partial charge on any atom is -0.303 e. The molecule has 2 heteroatoms. The van der Waals surface area contributed by atoms with Crippen molar-refractivity contribution in [2.75, 3.05) is 12.3 Å². The topological polar surface area (TPSA) is 12.0 Å². The van der Waals surface area contributed by atoms with Gasteiger partial charge in [0.25, 0.3) is 0 Å². The Hall–Kier alpha value is 0.310. The van der Waals surface area contributed by atoms with Crippen LogP contribution in [0.4, 0.5) is 0 Å². The third-order valence-electron chi connectivity index (χ3n) is 4.31. The molecular formula is C15H29NS. The molecule has 100 valence electrons. The summed E-state index contributed by atoms with van der Waals surface area (Å²) in [6.07, 6.45) is 17.4. The van der Waals surface area contributed by atoms with E-state index in [-0.39, 0.29) is 0 Å². The Bertz CT molecular complexity index is 185. The van der Waals surface area contributed by atoms with Gasteiger partial charge in [0.2, 0.25) is 0 Å². The van der Waals surface area contributed by atoms with E-state index < -0.39 is 0 Å². The summed E-state index contributed by atoms with van der Waals surface area (Å²) in [5, 5.41) is 3.85. The number of rotatable bonds is 0. The molecule has 1 spiro atoms. The predicted molar refractivity (Wildman–Crippen MR) is 78.6 cm³/mol. The van der Waals surface area contributed by atoms with Gasteiger partial charge in [-0.1, -0.05) is 57.8 Å². The summed E-state index contributed by atoms with van der Waals surface area (Å²) in [6, 6.07) is 0. The van der Waals surface area contributed by atoms with E-state index in [4.69, 9.17) is 0 Å². The molecule has 0 aromatic carbocycles. The zero-order valence-electron chi connectivity index (χ0n) is 11.3. The van der Waals surface area contributed by atoms with Crippen LogP contribution in [0.25, 0.3) is 0 Å². The first-order chi connectivity index (χ1) is 8.41. The van der Waals surface area contributed by atoms with Gasteiger partial charge in [0.05, 0.1) is 4.87 Å². The van der Waals surface area contributed by atoms with Gasteiger partial charge in [-0.2, -0.15) is 0 Å². The van der Waals surface area contributed by atoms with Crippen molar-refractivity contribution in [3.05, 3.63) is 0 Å². The summed E-state index contributed by atoms with van der Waals surface area (Å²) in [5.41, 5.74) is 0. The fourth-order valence-corrected chi connectivity index (χ4v) is 4.67. The van der Waals surface area contributed by atoms with E-state index in [0.717, 1.165) is 0 Å². The molecule has 0 radical (unpaired) electrons. The summed E-state index contributed by atoms with van der Waals surface area (Å²) in [4.78, 5) is 0.470. The predicted octanol–water partition coefficient (Wildman–Crippen LogP) is 4.71. The van der Waals surface area contributed by atoms with Gasteiger partial charge in [-0.3, -0.25) is 0 Å². The maximum absolute atomic E-state index is 3.85. The van der Waals surface area contributed by atoms with Gasteiger partial charge in [0, 0.05) is 0 Å². The highest BCUT2D eigenvalue weighted by Crippen LogP contribution is 2.37. The van der Waals surface area contributed by atoms with Crippen molar-refractivity contribution in [1.82, 2.24) is 5.32 Å². The van der Waals surface area contributed by atoms with Gasteiger partial charge >= 0.3 is 0 Å². The first kappa shape index (κ1) is 13.7. The second kappa shape index (κ2) is 7.68. The lowest BCUT2D eigenvalue weighted by molar-refractivity contribution is 0.362. The van der Waals surface area contributed by atoms with Crippen molar-refractivity contribution in [3.63, 3.8) is 0 Å². The van der Waals surface area contributed by atoms with Gasteiger partial charge < -0.3 is 5.32 Å². The van der Waals surface area contributed by atoms with Crippen LogP contribution in [0.3, 0.4) is 0 Å². The molecule has 1 saturated heterocycles. The van der Waals surface area contributed by atoms with Crippen LogP contribution in [0.2, 0.25) is 0 Å². The number of nitrogens with one attached hydrogen (secondary N) is 1. The first-order valence-electron chi connectivity index (χ1n) is 7.80. The van der Waals surface area contributed by atoms with Gasteiger partial charge in [-0.25, -0.2) is 0 Å². The Morgan fingerprint density at radius 2 is 1.18 bits per heavy atom. The second-order valence-electron chi connectivity index (χ2n) is 5.81. The minimum absolute atomic E-state index is 0.470. The highest BCUT2D eigenvalue weighted by molar-refractivity contribution is 8.00.